The van der Waals surface area contributed by atoms with Gasteiger partial charge >= 0.3 is 0 Å². The van der Waals surface area contributed by atoms with E-state index in [4.69, 9.17) is 4.74 Å². The summed E-state index contributed by atoms with van der Waals surface area (Å²) in [6, 6.07) is 2.32. The van der Waals surface area contributed by atoms with E-state index in [2.05, 4.69) is 23.9 Å². The smallest absolute Gasteiger partial charge is 0.255 e. The molecule has 4 rings (SSSR count). The highest BCUT2D eigenvalue weighted by Crippen LogP contribution is 2.31. The van der Waals surface area contributed by atoms with Gasteiger partial charge in [-0.1, -0.05) is 12.8 Å². The predicted molar refractivity (Wildman–Crippen MR) is 95.7 cm³/mol. The summed E-state index contributed by atoms with van der Waals surface area (Å²) in [4.78, 5) is 20.1. The summed E-state index contributed by atoms with van der Waals surface area (Å²) in [6.45, 7) is 7.39. The standard InChI is InChI=1S/C19H26N4O2/c1-12(2)23-18-15(11-20-23)14(10-13(3)21-18)19(24)22-8-9-25-17-7-5-4-6-16(17)22/h10-12,16-17H,4-9H2,1-3H3/t16-,17-/m1/s1. The van der Waals surface area contributed by atoms with E-state index in [1.807, 2.05) is 22.6 Å². The second-order valence-electron chi connectivity index (χ2n) is 7.49. The Balaban J connectivity index is 1.74. The monoisotopic (exact) mass is 342 g/mol. The van der Waals surface area contributed by atoms with Crippen molar-refractivity contribution in [2.24, 2.45) is 0 Å². The molecule has 1 aliphatic heterocycles. The zero-order valence-corrected chi connectivity index (χ0v) is 15.2. The average Bonchev–Trinajstić information content (AvgIpc) is 3.04. The normalized spacial score (nSPS) is 23.9. The molecule has 1 saturated heterocycles. The van der Waals surface area contributed by atoms with Gasteiger partial charge < -0.3 is 9.64 Å². The van der Waals surface area contributed by atoms with Gasteiger partial charge in [0, 0.05) is 18.3 Å². The van der Waals surface area contributed by atoms with E-state index in [0.717, 1.165) is 35.1 Å². The number of carbonyl (C=O) groups excluding carboxylic acids is 1. The van der Waals surface area contributed by atoms with Crippen LogP contribution in [0.5, 0.6) is 0 Å². The lowest BCUT2D eigenvalue weighted by molar-refractivity contribution is -0.0752. The van der Waals surface area contributed by atoms with Crippen LogP contribution in [0.3, 0.4) is 0 Å². The molecule has 0 radical (unpaired) electrons. The van der Waals surface area contributed by atoms with Crippen molar-refractivity contribution in [3.05, 3.63) is 23.5 Å². The average molecular weight is 342 g/mol. The van der Waals surface area contributed by atoms with Crippen molar-refractivity contribution in [3.63, 3.8) is 0 Å². The van der Waals surface area contributed by atoms with Gasteiger partial charge in [0.15, 0.2) is 5.65 Å². The number of hydrogen-bond donors (Lipinski definition) is 0. The van der Waals surface area contributed by atoms with Crippen molar-refractivity contribution in [1.29, 1.82) is 0 Å². The maximum absolute atomic E-state index is 13.4. The Bertz CT molecular complexity index is 796. The number of fused-ring (bicyclic) bond motifs is 2. The number of ether oxygens (including phenoxy) is 1. The molecular formula is C19H26N4O2. The molecule has 2 atom stereocenters. The van der Waals surface area contributed by atoms with Gasteiger partial charge in [0.2, 0.25) is 0 Å². The summed E-state index contributed by atoms with van der Waals surface area (Å²) < 4.78 is 7.81. The molecular weight excluding hydrogens is 316 g/mol. The second-order valence-corrected chi connectivity index (χ2v) is 7.49. The third-order valence-electron chi connectivity index (χ3n) is 5.41. The van der Waals surface area contributed by atoms with Crippen molar-refractivity contribution in [2.75, 3.05) is 13.2 Å². The highest BCUT2D eigenvalue weighted by molar-refractivity contribution is 6.05. The molecule has 0 unspecified atom stereocenters. The number of carbonyl (C=O) groups is 1. The van der Waals surface area contributed by atoms with Gasteiger partial charge in [-0.3, -0.25) is 4.79 Å². The van der Waals surface area contributed by atoms with Gasteiger partial charge in [0.25, 0.3) is 5.91 Å². The first-order chi connectivity index (χ1) is 12.1. The van der Waals surface area contributed by atoms with Crippen molar-refractivity contribution in [2.45, 2.75) is 64.6 Å². The Morgan fingerprint density at radius 2 is 2.12 bits per heavy atom. The van der Waals surface area contributed by atoms with E-state index >= 15 is 0 Å². The molecule has 0 aromatic carbocycles. The van der Waals surface area contributed by atoms with Crippen molar-refractivity contribution in [3.8, 4) is 0 Å². The quantitative estimate of drug-likeness (QED) is 0.841. The molecule has 6 nitrogen and oxygen atoms in total. The first kappa shape index (κ1) is 16.5. The van der Waals surface area contributed by atoms with Gasteiger partial charge in [-0.15, -0.1) is 0 Å². The molecule has 0 spiro atoms. The molecule has 1 amide bonds. The summed E-state index contributed by atoms with van der Waals surface area (Å²) >= 11 is 0. The summed E-state index contributed by atoms with van der Waals surface area (Å²) in [5.41, 5.74) is 2.37. The zero-order valence-electron chi connectivity index (χ0n) is 15.2. The van der Waals surface area contributed by atoms with Crippen LogP contribution in [0.25, 0.3) is 11.0 Å². The van der Waals surface area contributed by atoms with Gasteiger partial charge in [-0.25, -0.2) is 9.67 Å². The Morgan fingerprint density at radius 1 is 1.32 bits per heavy atom. The molecule has 1 aliphatic carbocycles. The van der Waals surface area contributed by atoms with Crippen LogP contribution in [0.15, 0.2) is 12.3 Å². The van der Waals surface area contributed by atoms with Gasteiger partial charge in [0.05, 0.1) is 35.9 Å². The summed E-state index contributed by atoms with van der Waals surface area (Å²) in [6.07, 6.45) is 6.45. The third-order valence-corrected chi connectivity index (χ3v) is 5.41. The van der Waals surface area contributed by atoms with Crippen molar-refractivity contribution < 1.29 is 9.53 Å². The van der Waals surface area contributed by atoms with Gasteiger partial charge in [-0.2, -0.15) is 5.10 Å². The fourth-order valence-corrected chi connectivity index (χ4v) is 4.20. The highest BCUT2D eigenvalue weighted by atomic mass is 16.5. The van der Waals surface area contributed by atoms with E-state index in [9.17, 15) is 4.79 Å². The number of aromatic nitrogens is 3. The van der Waals surface area contributed by atoms with Crippen LogP contribution in [0.1, 0.15) is 61.6 Å². The lowest BCUT2D eigenvalue weighted by atomic mass is 9.89. The predicted octanol–water partition coefficient (Wildman–Crippen LogP) is 3.10. The SMILES string of the molecule is Cc1cc(C(=O)N2CCO[C@@H]3CCCC[C@H]32)c2cnn(C(C)C)c2n1. The third kappa shape index (κ3) is 2.82. The van der Waals surface area contributed by atoms with Crippen LogP contribution in [-0.4, -0.2) is 50.9 Å². The number of morpholine rings is 1. The van der Waals surface area contributed by atoms with Crippen molar-refractivity contribution >= 4 is 16.9 Å². The Labute approximate surface area is 148 Å². The molecule has 2 aliphatic rings. The van der Waals surface area contributed by atoms with Crippen molar-refractivity contribution in [1.82, 2.24) is 19.7 Å². The van der Waals surface area contributed by atoms with E-state index in [1.165, 1.54) is 12.8 Å². The number of amides is 1. The fraction of sp³-hybridized carbons (Fsp3) is 0.632. The van der Waals surface area contributed by atoms with Crippen LogP contribution in [-0.2, 0) is 4.74 Å². The minimum atomic E-state index is 0.0963. The molecule has 25 heavy (non-hydrogen) atoms. The highest BCUT2D eigenvalue weighted by Gasteiger charge is 2.37. The molecule has 2 aromatic rings. The minimum Gasteiger partial charge on any atom is -0.374 e. The summed E-state index contributed by atoms with van der Waals surface area (Å²) in [5, 5.41) is 5.31. The van der Waals surface area contributed by atoms with Crippen LogP contribution in [0.4, 0.5) is 0 Å². The minimum absolute atomic E-state index is 0.0963. The largest absolute Gasteiger partial charge is 0.374 e. The number of pyridine rings is 1. The summed E-state index contributed by atoms with van der Waals surface area (Å²) in [5.74, 6) is 0.0963. The van der Waals surface area contributed by atoms with E-state index in [-0.39, 0.29) is 24.1 Å². The molecule has 1 saturated carbocycles. The molecule has 3 heterocycles. The zero-order chi connectivity index (χ0) is 17.6. The molecule has 2 fully saturated rings. The van der Waals surface area contributed by atoms with Crippen LogP contribution < -0.4 is 0 Å². The molecule has 6 heteroatoms. The first-order valence-electron chi connectivity index (χ1n) is 9.33. The number of hydrogen-bond acceptors (Lipinski definition) is 4. The van der Waals surface area contributed by atoms with Gasteiger partial charge in [0.1, 0.15) is 0 Å². The topological polar surface area (TPSA) is 60.3 Å². The number of nitrogens with zero attached hydrogens (tertiary/aromatic N) is 4. The van der Waals surface area contributed by atoms with E-state index < -0.39 is 0 Å². The Hall–Kier alpha value is -1.95. The number of aryl methyl sites for hydroxylation is 1. The van der Waals surface area contributed by atoms with Crippen LogP contribution in [0.2, 0.25) is 0 Å². The lowest BCUT2D eigenvalue weighted by Gasteiger charge is -2.43. The summed E-state index contributed by atoms with van der Waals surface area (Å²) in [7, 11) is 0. The fourth-order valence-electron chi connectivity index (χ4n) is 4.20. The first-order valence-corrected chi connectivity index (χ1v) is 9.33. The molecule has 134 valence electrons. The lowest BCUT2D eigenvalue weighted by Crippen LogP contribution is -2.54. The van der Waals surface area contributed by atoms with E-state index in [0.29, 0.717) is 13.2 Å². The molecule has 0 N–H and O–H groups in total. The maximum atomic E-state index is 13.4. The van der Waals surface area contributed by atoms with Gasteiger partial charge in [-0.05, 0) is 39.7 Å². The maximum Gasteiger partial charge on any atom is 0.255 e. The molecule has 0 bridgehead atoms. The second kappa shape index (κ2) is 6.41. The van der Waals surface area contributed by atoms with Crippen LogP contribution in [0, 0.1) is 6.92 Å². The molecule has 2 aromatic heterocycles. The van der Waals surface area contributed by atoms with E-state index in [1.54, 1.807) is 6.20 Å². The number of rotatable bonds is 2. The van der Waals surface area contributed by atoms with Crippen LogP contribution >= 0.6 is 0 Å². The Kier molecular flexibility index (Phi) is 4.23. The Morgan fingerprint density at radius 3 is 2.92 bits per heavy atom.